The summed E-state index contributed by atoms with van der Waals surface area (Å²) in [5, 5.41) is 25.0. The SMILES string of the molecule is CC(NCC(C)(O)c1cccs1)c1cccc(CO)c1. The van der Waals surface area contributed by atoms with Crippen LogP contribution in [0.3, 0.4) is 0 Å². The van der Waals surface area contributed by atoms with Crippen molar-refractivity contribution in [1.82, 2.24) is 5.32 Å². The highest BCUT2D eigenvalue weighted by Gasteiger charge is 2.24. The molecule has 0 radical (unpaired) electrons. The minimum atomic E-state index is -0.864. The molecular weight excluding hydrogens is 270 g/mol. The van der Waals surface area contributed by atoms with E-state index in [1.807, 2.05) is 48.7 Å². The average Bonchev–Trinajstić information content (AvgIpc) is 3.00. The molecule has 1 aromatic heterocycles. The largest absolute Gasteiger partial charge is 0.392 e. The number of aliphatic hydroxyl groups is 2. The van der Waals surface area contributed by atoms with E-state index in [2.05, 4.69) is 12.2 Å². The average molecular weight is 291 g/mol. The maximum atomic E-state index is 10.5. The zero-order valence-corrected chi connectivity index (χ0v) is 12.7. The van der Waals surface area contributed by atoms with E-state index in [-0.39, 0.29) is 12.6 Å². The Balaban J connectivity index is 1.99. The maximum absolute atomic E-state index is 10.5. The van der Waals surface area contributed by atoms with Crippen molar-refractivity contribution in [3.05, 3.63) is 57.8 Å². The molecule has 0 fully saturated rings. The molecule has 0 saturated carbocycles. The molecule has 2 atom stereocenters. The Kier molecular flexibility index (Phi) is 4.94. The van der Waals surface area contributed by atoms with Crippen molar-refractivity contribution >= 4 is 11.3 Å². The first kappa shape index (κ1) is 15.2. The third kappa shape index (κ3) is 3.67. The van der Waals surface area contributed by atoms with Gasteiger partial charge in [0, 0.05) is 17.5 Å². The van der Waals surface area contributed by atoms with Gasteiger partial charge in [0.25, 0.3) is 0 Å². The molecule has 2 unspecified atom stereocenters. The van der Waals surface area contributed by atoms with Crippen LogP contribution in [-0.4, -0.2) is 16.8 Å². The van der Waals surface area contributed by atoms with Crippen LogP contribution in [-0.2, 0) is 12.2 Å². The van der Waals surface area contributed by atoms with E-state index >= 15 is 0 Å². The summed E-state index contributed by atoms with van der Waals surface area (Å²) in [5.74, 6) is 0. The molecule has 0 amide bonds. The van der Waals surface area contributed by atoms with Gasteiger partial charge in [0.2, 0.25) is 0 Å². The molecule has 20 heavy (non-hydrogen) atoms. The maximum Gasteiger partial charge on any atom is 0.108 e. The molecule has 0 aliphatic heterocycles. The zero-order chi connectivity index (χ0) is 14.6. The Bertz CT molecular complexity index is 537. The van der Waals surface area contributed by atoms with Gasteiger partial charge in [-0.2, -0.15) is 0 Å². The second-order valence-corrected chi connectivity index (χ2v) is 6.20. The summed E-state index contributed by atoms with van der Waals surface area (Å²) in [4.78, 5) is 0.960. The van der Waals surface area contributed by atoms with Crippen LogP contribution < -0.4 is 5.32 Å². The molecule has 0 aliphatic rings. The van der Waals surface area contributed by atoms with Gasteiger partial charge in [0.1, 0.15) is 5.60 Å². The minimum absolute atomic E-state index is 0.0491. The highest BCUT2D eigenvalue weighted by Crippen LogP contribution is 2.25. The molecule has 108 valence electrons. The summed E-state index contributed by atoms with van der Waals surface area (Å²) in [5.41, 5.74) is 1.15. The van der Waals surface area contributed by atoms with Gasteiger partial charge in [0.15, 0.2) is 0 Å². The molecule has 1 aromatic carbocycles. The van der Waals surface area contributed by atoms with Crippen molar-refractivity contribution in [2.75, 3.05) is 6.54 Å². The Morgan fingerprint density at radius 1 is 1.30 bits per heavy atom. The standard InChI is InChI=1S/C16H21NO2S/c1-12(14-6-3-5-13(9-14)10-18)17-11-16(2,19)15-7-4-8-20-15/h3-9,12,17-19H,10-11H2,1-2H3. The zero-order valence-electron chi connectivity index (χ0n) is 11.8. The molecule has 3 nitrogen and oxygen atoms in total. The van der Waals surface area contributed by atoms with Crippen LogP contribution in [0.1, 0.15) is 35.9 Å². The van der Waals surface area contributed by atoms with Crippen LogP contribution in [0.5, 0.6) is 0 Å². The molecule has 0 spiro atoms. The molecule has 1 heterocycles. The molecule has 0 aliphatic carbocycles. The predicted molar refractivity (Wildman–Crippen MR) is 82.7 cm³/mol. The van der Waals surface area contributed by atoms with Crippen LogP contribution in [0.15, 0.2) is 41.8 Å². The first-order valence-corrected chi connectivity index (χ1v) is 7.60. The summed E-state index contributed by atoms with van der Waals surface area (Å²) in [7, 11) is 0. The smallest absolute Gasteiger partial charge is 0.108 e. The summed E-state index contributed by atoms with van der Waals surface area (Å²) >= 11 is 1.56. The normalized spacial score (nSPS) is 15.8. The number of rotatable bonds is 6. The fourth-order valence-corrected chi connectivity index (χ4v) is 2.89. The molecule has 0 bridgehead atoms. The van der Waals surface area contributed by atoms with Gasteiger partial charge in [-0.1, -0.05) is 30.3 Å². The van der Waals surface area contributed by atoms with Gasteiger partial charge in [0.05, 0.1) is 6.61 Å². The van der Waals surface area contributed by atoms with Crippen molar-refractivity contribution < 1.29 is 10.2 Å². The molecule has 3 N–H and O–H groups in total. The monoisotopic (exact) mass is 291 g/mol. The fourth-order valence-electron chi connectivity index (χ4n) is 2.10. The van der Waals surface area contributed by atoms with Gasteiger partial charge in [-0.25, -0.2) is 0 Å². The Morgan fingerprint density at radius 2 is 2.10 bits per heavy atom. The fraction of sp³-hybridized carbons (Fsp3) is 0.375. The third-order valence-corrected chi connectivity index (χ3v) is 4.56. The van der Waals surface area contributed by atoms with Crippen molar-refractivity contribution in [2.24, 2.45) is 0 Å². The summed E-state index contributed by atoms with van der Waals surface area (Å²) in [6, 6.07) is 11.9. The topological polar surface area (TPSA) is 52.5 Å². The van der Waals surface area contributed by atoms with E-state index < -0.39 is 5.60 Å². The molecule has 2 rings (SSSR count). The van der Waals surface area contributed by atoms with E-state index in [0.29, 0.717) is 6.54 Å². The van der Waals surface area contributed by atoms with Crippen LogP contribution in [0, 0.1) is 0 Å². The first-order valence-electron chi connectivity index (χ1n) is 6.72. The van der Waals surface area contributed by atoms with Crippen molar-refractivity contribution in [2.45, 2.75) is 32.1 Å². The van der Waals surface area contributed by atoms with Crippen molar-refractivity contribution in [3.63, 3.8) is 0 Å². The lowest BCUT2D eigenvalue weighted by Crippen LogP contribution is -2.36. The summed E-state index contributed by atoms with van der Waals surface area (Å²) in [6.07, 6.45) is 0. The van der Waals surface area contributed by atoms with E-state index in [1.54, 1.807) is 11.3 Å². The minimum Gasteiger partial charge on any atom is -0.392 e. The van der Waals surface area contributed by atoms with E-state index in [1.165, 1.54) is 0 Å². The second kappa shape index (κ2) is 6.50. The number of aliphatic hydroxyl groups excluding tert-OH is 1. The Morgan fingerprint density at radius 3 is 2.75 bits per heavy atom. The van der Waals surface area contributed by atoms with Gasteiger partial charge < -0.3 is 15.5 Å². The van der Waals surface area contributed by atoms with Gasteiger partial charge in [-0.15, -0.1) is 11.3 Å². The highest BCUT2D eigenvalue weighted by atomic mass is 32.1. The lowest BCUT2D eigenvalue weighted by Gasteiger charge is -2.25. The van der Waals surface area contributed by atoms with Crippen molar-refractivity contribution in [3.8, 4) is 0 Å². The van der Waals surface area contributed by atoms with Gasteiger partial charge in [-0.05, 0) is 36.4 Å². The van der Waals surface area contributed by atoms with Crippen molar-refractivity contribution in [1.29, 1.82) is 0 Å². The first-order chi connectivity index (χ1) is 9.53. The number of hydrogen-bond acceptors (Lipinski definition) is 4. The van der Waals surface area contributed by atoms with Crippen LogP contribution in [0.25, 0.3) is 0 Å². The summed E-state index contributed by atoms with van der Waals surface area (Å²) in [6.45, 7) is 4.41. The third-order valence-electron chi connectivity index (χ3n) is 3.44. The lowest BCUT2D eigenvalue weighted by atomic mass is 10.0. The van der Waals surface area contributed by atoms with E-state index in [0.717, 1.165) is 16.0 Å². The molecule has 4 heteroatoms. The second-order valence-electron chi connectivity index (χ2n) is 5.26. The number of hydrogen-bond donors (Lipinski definition) is 3. The van der Waals surface area contributed by atoms with E-state index in [4.69, 9.17) is 5.11 Å². The van der Waals surface area contributed by atoms with E-state index in [9.17, 15) is 5.11 Å². The van der Waals surface area contributed by atoms with Crippen LogP contribution >= 0.6 is 11.3 Å². The molecule has 2 aromatic rings. The number of thiophene rings is 1. The van der Waals surface area contributed by atoms with Crippen LogP contribution in [0.4, 0.5) is 0 Å². The number of benzene rings is 1. The quantitative estimate of drug-likeness (QED) is 0.767. The lowest BCUT2D eigenvalue weighted by molar-refractivity contribution is 0.0581. The Hall–Kier alpha value is -1.20. The molecular formula is C16H21NO2S. The molecule has 0 saturated heterocycles. The summed E-state index contributed by atoms with van der Waals surface area (Å²) < 4.78 is 0. The van der Waals surface area contributed by atoms with Crippen LogP contribution in [0.2, 0.25) is 0 Å². The van der Waals surface area contributed by atoms with Gasteiger partial charge >= 0.3 is 0 Å². The number of nitrogens with one attached hydrogen (secondary N) is 1. The highest BCUT2D eigenvalue weighted by molar-refractivity contribution is 7.10. The van der Waals surface area contributed by atoms with Gasteiger partial charge in [-0.3, -0.25) is 0 Å². The Labute approximate surface area is 123 Å². The predicted octanol–water partition coefficient (Wildman–Crippen LogP) is 2.80.